The van der Waals surface area contributed by atoms with Gasteiger partial charge in [-0.3, -0.25) is 9.59 Å². The van der Waals surface area contributed by atoms with Gasteiger partial charge in [-0.15, -0.1) is 16.7 Å². The van der Waals surface area contributed by atoms with Crippen LogP contribution in [0.5, 0.6) is 0 Å². The van der Waals surface area contributed by atoms with Crippen molar-refractivity contribution in [3.05, 3.63) is 75.9 Å². The summed E-state index contributed by atoms with van der Waals surface area (Å²) in [5, 5.41) is 6.06. The maximum absolute atomic E-state index is 13.2. The Kier molecular flexibility index (Phi) is 8.63. The van der Waals surface area contributed by atoms with Gasteiger partial charge in [0.2, 0.25) is 5.91 Å². The predicted molar refractivity (Wildman–Crippen MR) is 147 cm³/mol. The number of nitrogens with zero attached hydrogens (tertiary/aromatic N) is 2. The SMILES string of the molecule is C#CC/C=C/CCC(=O)N(C)Cc1ccc(S(N)(=O)=NC(=O)Cc2c3c(cc4c2CCC4)CCC3)cc1. The van der Waals surface area contributed by atoms with E-state index in [1.165, 1.54) is 22.3 Å². The number of hydrogen-bond donors (Lipinski definition) is 1. The van der Waals surface area contributed by atoms with Crippen molar-refractivity contribution in [3.63, 3.8) is 0 Å². The van der Waals surface area contributed by atoms with Gasteiger partial charge in [0.05, 0.1) is 11.3 Å². The molecule has 6 nitrogen and oxygen atoms in total. The molecule has 2 aliphatic carbocycles. The zero-order valence-corrected chi connectivity index (χ0v) is 22.3. The highest BCUT2D eigenvalue weighted by atomic mass is 32.2. The van der Waals surface area contributed by atoms with E-state index in [-0.39, 0.29) is 12.3 Å². The van der Waals surface area contributed by atoms with Crippen LogP contribution in [0.2, 0.25) is 0 Å². The molecule has 0 heterocycles. The summed E-state index contributed by atoms with van der Waals surface area (Å²) < 4.78 is 17.2. The Morgan fingerprint density at radius 3 is 2.35 bits per heavy atom. The van der Waals surface area contributed by atoms with Crippen LogP contribution >= 0.6 is 0 Å². The van der Waals surface area contributed by atoms with Crippen molar-refractivity contribution in [2.45, 2.75) is 75.6 Å². The number of hydrogen-bond acceptors (Lipinski definition) is 3. The fourth-order valence-electron chi connectivity index (χ4n) is 5.35. The molecule has 7 heteroatoms. The lowest BCUT2D eigenvalue weighted by Crippen LogP contribution is -2.25. The molecular weight excluding hydrogens is 482 g/mol. The molecule has 2 aromatic carbocycles. The quantitative estimate of drug-likeness (QED) is 0.393. The second-order valence-electron chi connectivity index (χ2n) is 9.88. The minimum Gasteiger partial charge on any atom is -0.341 e. The van der Waals surface area contributed by atoms with Crippen molar-refractivity contribution in [3.8, 4) is 12.3 Å². The number of allylic oxidation sites excluding steroid dienone is 2. The Hall–Kier alpha value is -3.21. The maximum Gasteiger partial charge on any atom is 0.259 e. The summed E-state index contributed by atoms with van der Waals surface area (Å²) >= 11 is 0. The van der Waals surface area contributed by atoms with Gasteiger partial charge in [-0.25, -0.2) is 9.35 Å². The normalized spacial score (nSPS) is 15.6. The van der Waals surface area contributed by atoms with E-state index in [1.807, 2.05) is 12.2 Å². The Bertz CT molecular complexity index is 1340. The number of carbonyl (C=O) groups excluding carboxylic acids is 2. The second-order valence-corrected chi connectivity index (χ2v) is 11.7. The van der Waals surface area contributed by atoms with Crippen LogP contribution in [0.15, 0.2) is 51.7 Å². The standard InChI is InChI=1S/C30H35N3O3S/c1-3-4-5-6-7-14-30(35)33(2)21-22-15-17-25(18-16-22)37(31,36)32-29(34)20-28-26-12-8-10-23(26)19-24-11-9-13-27(24)28/h1,5-6,15-19H,4,7-14,20-21H2,2H3,(H2,31,32,34,36)/b6-5+. The molecular formula is C30H35N3O3S. The van der Waals surface area contributed by atoms with Gasteiger partial charge in [0.15, 0.2) is 0 Å². The van der Waals surface area contributed by atoms with E-state index in [0.29, 0.717) is 30.7 Å². The van der Waals surface area contributed by atoms with Gasteiger partial charge in [-0.2, -0.15) is 0 Å². The minimum atomic E-state index is -3.37. The molecule has 2 N–H and O–H groups in total. The molecule has 2 amide bonds. The van der Waals surface area contributed by atoms with Gasteiger partial charge in [0.1, 0.15) is 9.92 Å². The first kappa shape index (κ1) is 26.8. The number of amides is 2. The lowest BCUT2D eigenvalue weighted by Gasteiger charge is -2.17. The first-order valence-corrected chi connectivity index (χ1v) is 14.5. The average Bonchev–Trinajstić information content (AvgIpc) is 3.53. The molecule has 0 radical (unpaired) electrons. The number of rotatable bonds is 9. The molecule has 0 aliphatic heterocycles. The van der Waals surface area contributed by atoms with Crippen molar-refractivity contribution < 1.29 is 13.8 Å². The Labute approximate surface area is 220 Å². The van der Waals surface area contributed by atoms with Crippen LogP contribution in [0.3, 0.4) is 0 Å². The molecule has 1 unspecified atom stereocenters. The molecule has 1 atom stereocenters. The average molecular weight is 518 g/mol. The van der Waals surface area contributed by atoms with Crippen LogP contribution in [-0.2, 0) is 58.2 Å². The topological polar surface area (TPSA) is 92.8 Å². The van der Waals surface area contributed by atoms with E-state index in [2.05, 4.69) is 16.3 Å². The summed E-state index contributed by atoms with van der Waals surface area (Å²) in [7, 11) is -1.62. The molecule has 2 aliphatic rings. The summed E-state index contributed by atoms with van der Waals surface area (Å²) in [5.74, 6) is 2.12. The number of aryl methyl sites for hydroxylation is 2. The fourth-order valence-corrected chi connectivity index (χ4v) is 6.35. The lowest BCUT2D eigenvalue weighted by molar-refractivity contribution is -0.130. The Morgan fingerprint density at radius 2 is 1.73 bits per heavy atom. The number of fused-ring (bicyclic) bond motifs is 2. The Morgan fingerprint density at radius 1 is 1.08 bits per heavy atom. The molecule has 0 saturated carbocycles. The summed E-state index contributed by atoms with van der Waals surface area (Å²) in [6.07, 6.45) is 17.1. The van der Waals surface area contributed by atoms with E-state index < -0.39 is 15.8 Å². The highest BCUT2D eigenvalue weighted by Crippen LogP contribution is 2.35. The summed E-state index contributed by atoms with van der Waals surface area (Å²) in [4.78, 5) is 27.3. The molecule has 0 bridgehead atoms. The Balaban J connectivity index is 1.41. The van der Waals surface area contributed by atoms with E-state index >= 15 is 0 Å². The lowest BCUT2D eigenvalue weighted by atomic mass is 9.92. The van der Waals surface area contributed by atoms with Crippen LogP contribution in [0, 0.1) is 12.3 Å². The number of nitrogens with two attached hydrogens (primary N) is 1. The van der Waals surface area contributed by atoms with E-state index in [4.69, 9.17) is 11.6 Å². The zero-order valence-electron chi connectivity index (χ0n) is 21.5. The predicted octanol–water partition coefficient (Wildman–Crippen LogP) is 4.45. The maximum atomic E-state index is 13.2. The van der Waals surface area contributed by atoms with Gasteiger partial charge in [0.25, 0.3) is 5.91 Å². The van der Waals surface area contributed by atoms with Crippen molar-refractivity contribution >= 4 is 21.7 Å². The third-order valence-electron chi connectivity index (χ3n) is 7.20. The van der Waals surface area contributed by atoms with Crippen LogP contribution in [-0.4, -0.2) is 28.0 Å². The zero-order chi connectivity index (χ0) is 26.4. The highest BCUT2D eigenvalue weighted by Gasteiger charge is 2.25. The van der Waals surface area contributed by atoms with Gasteiger partial charge in [-0.05, 0) is 90.5 Å². The van der Waals surface area contributed by atoms with Crippen molar-refractivity contribution in [1.82, 2.24) is 4.90 Å². The fraction of sp³-hybridized carbons (Fsp3) is 0.400. The summed E-state index contributed by atoms with van der Waals surface area (Å²) in [5.41, 5.74) is 7.27. The largest absolute Gasteiger partial charge is 0.341 e. The summed E-state index contributed by atoms with van der Waals surface area (Å²) in [6, 6.07) is 9.14. The van der Waals surface area contributed by atoms with Crippen LogP contribution < -0.4 is 5.14 Å². The van der Waals surface area contributed by atoms with Crippen molar-refractivity contribution in [2.24, 2.45) is 9.50 Å². The van der Waals surface area contributed by atoms with Gasteiger partial charge in [0, 0.05) is 26.4 Å². The molecule has 0 aromatic heterocycles. The van der Waals surface area contributed by atoms with E-state index in [0.717, 1.165) is 49.7 Å². The number of terminal acetylenes is 1. The van der Waals surface area contributed by atoms with Crippen LogP contribution in [0.1, 0.15) is 65.5 Å². The molecule has 0 fully saturated rings. The second kappa shape index (κ2) is 11.9. The molecule has 4 rings (SSSR count). The minimum absolute atomic E-state index is 0.0246. The molecule has 194 valence electrons. The number of carbonyl (C=O) groups is 2. The van der Waals surface area contributed by atoms with Crippen LogP contribution in [0.25, 0.3) is 0 Å². The highest BCUT2D eigenvalue weighted by molar-refractivity contribution is 7.91. The first-order valence-electron chi connectivity index (χ1n) is 12.9. The van der Waals surface area contributed by atoms with Crippen LogP contribution in [0.4, 0.5) is 0 Å². The monoisotopic (exact) mass is 517 g/mol. The number of benzene rings is 2. The van der Waals surface area contributed by atoms with E-state index in [9.17, 15) is 13.8 Å². The molecule has 0 spiro atoms. The van der Waals surface area contributed by atoms with Crippen molar-refractivity contribution in [2.75, 3.05) is 7.05 Å². The van der Waals surface area contributed by atoms with Gasteiger partial charge in [-0.1, -0.05) is 30.4 Å². The molecule has 2 aromatic rings. The van der Waals surface area contributed by atoms with Gasteiger partial charge >= 0.3 is 0 Å². The summed E-state index contributed by atoms with van der Waals surface area (Å²) in [6.45, 7) is 0.416. The molecule has 37 heavy (non-hydrogen) atoms. The first-order chi connectivity index (χ1) is 17.8. The third-order valence-corrected chi connectivity index (χ3v) is 8.62. The molecule has 0 saturated heterocycles. The van der Waals surface area contributed by atoms with E-state index in [1.54, 1.807) is 36.2 Å². The van der Waals surface area contributed by atoms with Crippen molar-refractivity contribution in [1.29, 1.82) is 0 Å². The van der Waals surface area contributed by atoms with Gasteiger partial charge < -0.3 is 4.90 Å². The third kappa shape index (κ3) is 6.57. The smallest absolute Gasteiger partial charge is 0.259 e.